The Morgan fingerprint density at radius 2 is 2.14 bits per heavy atom. The Morgan fingerprint density at radius 1 is 1.29 bits per heavy atom. The molecule has 1 heterocycles. The van der Waals surface area contributed by atoms with Crippen molar-refractivity contribution in [3.8, 4) is 0 Å². The highest BCUT2D eigenvalue weighted by Crippen LogP contribution is 2.09. The molecule has 0 unspecified atom stereocenters. The Kier molecular flexibility index (Phi) is 5.45. The molecule has 0 fully saturated rings. The second-order valence-corrected chi connectivity index (χ2v) is 4.03. The summed E-state index contributed by atoms with van der Waals surface area (Å²) in [6, 6.07) is 5.96. The van der Waals surface area contributed by atoms with Crippen LogP contribution in [0.2, 0.25) is 0 Å². The number of hydrogen-bond acceptors (Lipinski definition) is 2. The molecule has 3 heteroatoms. The molecule has 0 aliphatic carbocycles. The molecule has 0 aliphatic rings. The van der Waals surface area contributed by atoms with Crippen molar-refractivity contribution in [2.45, 2.75) is 32.1 Å². The van der Waals surface area contributed by atoms with E-state index in [1.807, 2.05) is 18.2 Å². The number of nitrogens with zero attached hydrogens (tertiary/aromatic N) is 1. The number of hydrogen-bond donors (Lipinski definition) is 0. The van der Waals surface area contributed by atoms with Gasteiger partial charge in [0.15, 0.2) is 0 Å². The Balaban J connectivity index is 2.21. The minimum absolute atomic E-state index is 0.686. The molecule has 0 amide bonds. The molecule has 0 atom stereocenters. The zero-order valence-corrected chi connectivity index (χ0v) is 9.66. The van der Waals surface area contributed by atoms with Gasteiger partial charge in [0.05, 0.1) is 0 Å². The molecule has 0 aliphatic heterocycles. The first-order chi connectivity index (χ1) is 6.83. The van der Waals surface area contributed by atoms with Crippen molar-refractivity contribution in [1.29, 1.82) is 0 Å². The van der Waals surface area contributed by atoms with E-state index in [1.54, 1.807) is 0 Å². The third-order valence-corrected chi connectivity index (χ3v) is 2.47. The zero-order chi connectivity index (χ0) is 10.2. The van der Waals surface area contributed by atoms with E-state index in [0.29, 0.717) is 6.42 Å². The first-order valence-electron chi connectivity index (χ1n) is 4.88. The topological polar surface area (TPSA) is 30.0 Å². The van der Waals surface area contributed by atoms with Crippen molar-refractivity contribution in [1.82, 2.24) is 4.98 Å². The van der Waals surface area contributed by atoms with Crippen LogP contribution in [0.4, 0.5) is 0 Å². The molecule has 0 N–H and O–H groups in total. The van der Waals surface area contributed by atoms with E-state index in [1.165, 1.54) is 0 Å². The van der Waals surface area contributed by atoms with E-state index >= 15 is 0 Å². The van der Waals surface area contributed by atoms with Crippen LogP contribution in [0.15, 0.2) is 22.8 Å². The van der Waals surface area contributed by atoms with Crippen LogP contribution in [0.1, 0.15) is 31.4 Å². The molecule has 0 spiro atoms. The molecule has 0 radical (unpaired) electrons. The molecule has 1 aromatic rings. The highest BCUT2D eigenvalue weighted by atomic mass is 79.9. The van der Waals surface area contributed by atoms with Crippen molar-refractivity contribution < 1.29 is 4.79 Å². The van der Waals surface area contributed by atoms with Crippen LogP contribution < -0.4 is 0 Å². The molecular weight excluding hydrogens is 242 g/mol. The second kappa shape index (κ2) is 6.71. The van der Waals surface area contributed by atoms with E-state index in [4.69, 9.17) is 0 Å². The summed E-state index contributed by atoms with van der Waals surface area (Å²) in [7, 11) is 0. The molecule has 1 aromatic heterocycles. The number of unbranched alkanes of at least 4 members (excludes halogenated alkanes) is 3. The first-order valence-corrected chi connectivity index (χ1v) is 5.67. The Hall–Kier alpha value is -0.700. The van der Waals surface area contributed by atoms with Gasteiger partial charge in [0.2, 0.25) is 0 Å². The lowest BCUT2D eigenvalue weighted by Gasteiger charge is -2.00. The van der Waals surface area contributed by atoms with Crippen LogP contribution in [-0.2, 0) is 11.2 Å². The molecule has 0 aromatic carbocycles. The lowest BCUT2D eigenvalue weighted by atomic mass is 10.1. The standard InChI is InChI=1S/C11H14BrNO/c12-11-8-5-7-10(13-11)6-3-1-2-4-9-14/h5,7-9H,1-4,6H2. The Labute approximate surface area is 92.9 Å². The fraction of sp³-hybridized carbons (Fsp3) is 0.455. The number of rotatable bonds is 6. The number of carbonyl (C=O) groups excluding carboxylic acids is 1. The molecule has 0 saturated carbocycles. The van der Waals surface area contributed by atoms with Gasteiger partial charge in [0.1, 0.15) is 10.9 Å². The predicted octanol–water partition coefficient (Wildman–Crippen LogP) is 3.15. The van der Waals surface area contributed by atoms with Crippen molar-refractivity contribution in [2.75, 3.05) is 0 Å². The fourth-order valence-electron chi connectivity index (χ4n) is 1.30. The van der Waals surface area contributed by atoms with Gasteiger partial charge in [0, 0.05) is 12.1 Å². The van der Waals surface area contributed by atoms with Crippen molar-refractivity contribution in [2.24, 2.45) is 0 Å². The van der Waals surface area contributed by atoms with Gasteiger partial charge < -0.3 is 4.79 Å². The largest absolute Gasteiger partial charge is 0.303 e. The quantitative estimate of drug-likeness (QED) is 0.444. The first kappa shape index (κ1) is 11.4. The minimum Gasteiger partial charge on any atom is -0.303 e. The summed E-state index contributed by atoms with van der Waals surface area (Å²) in [6.45, 7) is 0. The summed E-state index contributed by atoms with van der Waals surface area (Å²) in [5.74, 6) is 0. The average molecular weight is 256 g/mol. The van der Waals surface area contributed by atoms with E-state index in [-0.39, 0.29) is 0 Å². The summed E-state index contributed by atoms with van der Waals surface area (Å²) >= 11 is 3.34. The van der Waals surface area contributed by atoms with Crippen LogP contribution in [0.3, 0.4) is 0 Å². The number of aryl methyl sites for hydroxylation is 1. The number of aromatic nitrogens is 1. The summed E-state index contributed by atoms with van der Waals surface area (Å²) in [5, 5.41) is 0. The van der Waals surface area contributed by atoms with Gasteiger partial charge in [0.25, 0.3) is 0 Å². The van der Waals surface area contributed by atoms with Crippen LogP contribution in [-0.4, -0.2) is 11.3 Å². The van der Waals surface area contributed by atoms with Crippen LogP contribution in [0.5, 0.6) is 0 Å². The van der Waals surface area contributed by atoms with Crippen LogP contribution >= 0.6 is 15.9 Å². The average Bonchev–Trinajstić information content (AvgIpc) is 2.18. The number of carbonyl (C=O) groups is 1. The molecular formula is C11H14BrNO. The molecule has 14 heavy (non-hydrogen) atoms. The molecule has 1 rings (SSSR count). The van der Waals surface area contributed by atoms with E-state index in [2.05, 4.69) is 20.9 Å². The normalized spacial score (nSPS) is 10.1. The number of aldehydes is 1. The van der Waals surface area contributed by atoms with E-state index < -0.39 is 0 Å². The predicted molar refractivity (Wildman–Crippen MR) is 60.2 cm³/mol. The van der Waals surface area contributed by atoms with Gasteiger partial charge in [-0.2, -0.15) is 0 Å². The second-order valence-electron chi connectivity index (χ2n) is 3.22. The van der Waals surface area contributed by atoms with Gasteiger partial charge in [-0.1, -0.05) is 12.5 Å². The maximum atomic E-state index is 10.1. The van der Waals surface area contributed by atoms with Gasteiger partial charge >= 0.3 is 0 Å². The third kappa shape index (κ3) is 4.51. The SMILES string of the molecule is O=CCCCCCc1cccc(Br)n1. The van der Waals surface area contributed by atoms with E-state index in [0.717, 1.165) is 42.3 Å². The minimum atomic E-state index is 0.686. The lowest BCUT2D eigenvalue weighted by molar-refractivity contribution is -0.107. The summed E-state index contributed by atoms with van der Waals surface area (Å²) in [4.78, 5) is 14.4. The fourth-order valence-corrected chi connectivity index (χ4v) is 1.68. The smallest absolute Gasteiger partial charge is 0.119 e. The highest BCUT2D eigenvalue weighted by Gasteiger charge is 1.95. The van der Waals surface area contributed by atoms with Crippen LogP contribution in [0, 0.1) is 0 Å². The third-order valence-electron chi connectivity index (χ3n) is 2.03. The van der Waals surface area contributed by atoms with Crippen LogP contribution in [0.25, 0.3) is 0 Å². The molecule has 2 nitrogen and oxygen atoms in total. The zero-order valence-electron chi connectivity index (χ0n) is 8.08. The summed E-state index contributed by atoms with van der Waals surface area (Å²) in [6.07, 6.45) is 5.88. The highest BCUT2D eigenvalue weighted by molar-refractivity contribution is 9.10. The van der Waals surface area contributed by atoms with Crippen molar-refractivity contribution >= 4 is 22.2 Å². The van der Waals surface area contributed by atoms with Gasteiger partial charge in [-0.3, -0.25) is 0 Å². The number of pyridine rings is 1. The maximum Gasteiger partial charge on any atom is 0.119 e. The molecule has 76 valence electrons. The van der Waals surface area contributed by atoms with Gasteiger partial charge in [-0.15, -0.1) is 0 Å². The Morgan fingerprint density at radius 3 is 2.86 bits per heavy atom. The Bertz CT molecular complexity index is 288. The summed E-state index contributed by atoms with van der Waals surface area (Å²) < 4.78 is 0.892. The lowest BCUT2D eigenvalue weighted by Crippen LogP contribution is -1.90. The number of halogens is 1. The summed E-state index contributed by atoms with van der Waals surface area (Å²) in [5.41, 5.74) is 1.12. The van der Waals surface area contributed by atoms with Crippen molar-refractivity contribution in [3.63, 3.8) is 0 Å². The maximum absolute atomic E-state index is 10.1. The monoisotopic (exact) mass is 255 g/mol. The molecule has 0 saturated heterocycles. The van der Waals surface area contributed by atoms with Gasteiger partial charge in [-0.05, 0) is 47.3 Å². The molecule has 0 bridgehead atoms. The van der Waals surface area contributed by atoms with E-state index in [9.17, 15) is 4.79 Å². The van der Waals surface area contributed by atoms with Crippen molar-refractivity contribution in [3.05, 3.63) is 28.5 Å². The van der Waals surface area contributed by atoms with Gasteiger partial charge in [-0.25, -0.2) is 4.98 Å².